The summed E-state index contributed by atoms with van der Waals surface area (Å²) in [5.74, 6) is -0.793. The van der Waals surface area contributed by atoms with Crippen LogP contribution in [0.15, 0.2) is 36.5 Å². The zero-order valence-electron chi connectivity index (χ0n) is 40.4. The average Bonchev–Trinajstić information content (AvgIpc) is 3.22. The van der Waals surface area contributed by atoms with Gasteiger partial charge in [0, 0.05) is 16.7 Å². The van der Waals surface area contributed by atoms with Gasteiger partial charge in [-0.05, 0) is 71.1 Å². The first-order chi connectivity index (χ1) is 29.0. The van der Waals surface area contributed by atoms with Crippen molar-refractivity contribution in [3.63, 3.8) is 0 Å². The quantitative estimate of drug-likeness (QED) is 0.0263. The molecule has 6 heteroatoms. The molecule has 0 aromatic heterocycles. The van der Waals surface area contributed by atoms with Crippen LogP contribution in [0.2, 0.25) is 0 Å². The molecule has 0 aliphatic rings. The van der Waals surface area contributed by atoms with E-state index in [0.717, 1.165) is 38.5 Å². The van der Waals surface area contributed by atoms with Crippen LogP contribution >= 0.6 is 0 Å². The van der Waals surface area contributed by atoms with Crippen LogP contribution in [0.4, 0.5) is 0 Å². The Bertz CT molecular complexity index is 1090. The molecular weight excluding hydrogens is 745 g/mol. The molecule has 0 aliphatic heterocycles. The summed E-state index contributed by atoms with van der Waals surface area (Å²) in [5.41, 5.74) is 1.91. The summed E-state index contributed by atoms with van der Waals surface area (Å²) >= 11 is 0. The lowest BCUT2D eigenvalue weighted by Crippen LogP contribution is -2.22. The largest absolute Gasteiger partial charge is 0.462 e. The Kier molecular flexibility index (Phi) is 40.3. The lowest BCUT2D eigenvalue weighted by molar-refractivity contribution is -0.139. The molecule has 0 saturated heterocycles. The van der Waals surface area contributed by atoms with Gasteiger partial charge in [-0.15, -0.1) is 0 Å². The third kappa shape index (κ3) is 37.4. The van der Waals surface area contributed by atoms with Gasteiger partial charge in [0.25, 0.3) is 0 Å². The van der Waals surface area contributed by atoms with Crippen molar-refractivity contribution < 1.29 is 28.6 Å². The molecule has 1 atom stereocenters. The number of carbonyl (C=O) groups excluding carboxylic acids is 3. The van der Waals surface area contributed by atoms with Gasteiger partial charge in [0.05, 0.1) is 19.8 Å². The van der Waals surface area contributed by atoms with Gasteiger partial charge >= 0.3 is 17.9 Å². The number of carbonyl (C=O) groups is 3. The van der Waals surface area contributed by atoms with Gasteiger partial charge in [-0.1, -0.05) is 219 Å². The van der Waals surface area contributed by atoms with E-state index in [1.165, 1.54) is 199 Å². The SMILES string of the molecule is C=C(C)C(=O)OCCCCCCCCCCCCCCC(CCCCCCCCC)(CCCCCCCCCCCCCOC(=O)C(=C)C)CCCCCOC(=O)C(=C)C. The van der Waals surface area contributed by atoms with Crippen molar-refractivity contribution in [3.8, 4) is 0 Å². The van der Waals surface area contributed by atoms with Crippen molar-refractivity contribution in [3.05, 3.63) is 36.5 Å². The molecule has 0 bridgehead atoms. The molecule has 0 heterocycles. The van der Waals surface area contributed by atoms with Crippen LogP contribution in [-0.2, 0) is 28.6 Å². The van der Waals surface area contributed by atoms with Crippen LogP contribution in [0.3, 0.4) is 0 Å². The summed E-state index contributed by atoms with van der Waals surface area (Å²) in [6, 6.07) is 0. The minimum atomic E-state index is -0.268. The Morgan fingerprint density at radius 1 is 0.317 bits per heavy atom. The van der Waals surface area contributed by atoms with Crippen molar-refractivity contribution in [1.29, 1.82) is 0 Å². The smallest absolute Gasteiger partial charge is 0.333 e. The molecule has 60 heavy (non-hydrogen) atoms. The zero-order chi connectivity index (χ0) is 44.4. The van der Waals surface area contributed by atoms with Crippen molar-refractivity contribution >= 4 is 17.9 Å². The van der Waals surface area contributed by atoms with Crippen LogP contribution in [0, 0.1) is 5.41 Å². The maximum absolute atomic E-state index is 11.9. The van der Waals surface area contributed by atoms with Gasteiger partial charge in [-0.3, -0.25) is 0 Å². The van der Waals surface area contributed by atoms with E-state index in [9.17, 15) is 14.4 Å². The number of esters is 3. The van der Waals surface area contributed by atoms with Gasteiger partial charge in [0.15, 0.2) is 0 Å². The van der Waals surface area contributed by atoms with Crippen LogP contribution in [0.1, 0.15) is 265 Å². The molecule has 0 aromatic rings. The third-order valence-corrected chi connectivity index (χ3v) is 12.4. The van der Waals surface area contributed by atoms with Gasteiger partial charge in [0.1, 0.15) is 0 Å². The normalized spacial score (nSPS) is 12.2. The molecule has 0 saturated carbocycles. The first kappa shape index (κ1) is 57.6. The standard InChI is InChI=1S/C54H98O6/c1-8-9-10-11-23-28-34-41-54(44-37-33-40-47-60-53(57)50(6)7,43-36-30-25-20-16-14-18-22-27-32-39-46-59-52(56)49(4)5)42-35-29-24-19-15-12-13-17-21-26-31-38-45-58-51(55)48(2)3/h2,4,6,8-47H2,1,3,5,7H3. The second kappa shape index (κ2) is 42.0. The van der Waals surface area contributed by atoms with Crippen LogP contribution in [0.5, 0.6) is 0 Å². The molecule has 6 nitrogen and oxygen atoms in total. The Morgan fingerprint density at radius 3 is 0.717 bits per heavy atom. The van der Waals surface area contributed by atoms with Gasteiger partial charge in [0.2, 0.25) is 0 Å². The lowest BCUT2D eigenvalue weighted by atomic mass is 9.70. The first-order valence-electron chi connectivity index (χ1n) is 25.5. The highest BCUT2D eigenvalue weighted by Crippen LogP contribution is 2.42. The summed E-state index contributed by atoms with van der Waals surface area (Å²) in [6.45, 7) is 20.0. The average molecular weight is 843 g/mol. The van der Waals surface area contributed by atoms with Crippen molar-refractivity contribution in [2.45, 2.75) is 265 Å². The Balaban J connectivity index is 4.77. The van der Waals surface area contributed by atoms with E-state index in [4.69, 9.17) is 14.2 Å². The Hall–Kier alpha value is -2.37. The van der Waals surface area contributed by atoms with Gasteiger partial charge < -0.3 is 14.2 Å². The monoisotopic (exact) mass is 843 g/mol. The molecule has 0 fully saturated rings. The van der Waals surface area contributed by atoms with Crippen LogP contribution in [0.25, 0.3) is 0 Å². The summed E-state index contributed by atoms with van der Waals surface area (Å²) in [6.07, 6.45) is 48.0. The Labute approximate surface area is 372 Å². The summed E-state index contributed by atoms with van der Waals surface area (Å²) < 4.78 is 15.8. The van der Waals surface area contributed by atoms with E-state index < -0.39 is 0 Å². The third-order valence-electron chi connectivity index (χ3n) is 12.4. The lowest BCUT2D eigenvalue weighted by Gasteiger charge is -2.35. The van der Waals surface area contributed by atoms with Crippen molar-refractivity contribution in [2.75, 3.05) is 19.8 Å². The van der Waals surface area contributed by atoms with Crippen molar-refractivity contribution in [1.82, 2.24) is 0 Å². The molecule has 0 radical (unpaired) electrons. The molecule has 0 N–H and O–H groups in total. The fourth-order valence-electron chi connectivity index (χ4n) is 8.41. The number of ether oxygens (including phenoxy) is 3. The second-order valence-electron chi connectivity index (χ2n) is 18.6. The highest BCUT2D eigenvalue weighted by atomic mass is 16.5. The number of rotatable bonds is 46. The molecule has 0 aliphatic carbocycles. The minimum absolute atomic E-state index is 0.258. The predicted octanol–water partition coefficient (Wildman–Crippen LogP) is 16.8. The van der Waals surface area contributed by atoms with E-state index in [0.29, 0.717) is 42.0 Å². The fourth-order valence-corrected chi connectivity index (χ4v) is 8.41. The maximum atomic E-state index is 11.9. The molecular formula is C54H98O6. The molecule has 0 spiro atoms. The topological polar surface area (TPSA) is 78.9 Å². The van der Waals surface area contributed by atoms with Crippen LogP contribution < -0.4 is 0 Å². The summed E-state index contributed by atoms with van der Waals surface area (Å²) in [5, 5.41) is 0. The van der Waals surface area contributed by atoms with E-state index in [-0.39, 0.29) is 17.9 Å². The highest BCUT2D eigenvalue weighted by Gasteiger charge is 2.28. The first-order valence-corrected chi connectivity index (χ1v) is 25.5. The van der Waals surface area contributed by atoms with E-state index >= 15 is 0 Å². The van der Waals surface area contributed by atoms with E-state index in [1.54, 1.807) is 20.8 Å². The van der Waals surface area contributed by atoms with Gasteiger partial charge in [-0.25, -0.2) is 14.4 Å². The predicted molar refractivity (Wildman–Crippen MR) is 256 cm³/mol. The van der Waals surface area contributed by atoms with E-state index in [2.05, 4.69) is 26.7 Å². The molecule has 0 rings (SSSR count). The molecule has 350 valence electrons. The van der Waals surface area contributed by atoms with Gasteiger partial charge in [-0.2, -0.15) is 0 Å². The molecule has 1 unspecified atom stereocenters. The summed E-state index contributed by atoms with van der Waals surface area (Å²) in [7, 11) is 0. The zero-order valence-corrected chi connectivity index (χ0v) is 40.4. The number of unbranched alkanes of at least 4 members (excludes halogenated alkanes) is 29. The number of hydrogen-bond donors (Lipinski definition) is 0. The minimum Gasteiger partial charge on any atom is -0.462 e. The maximum Gasteiger partial charge on any atom is 0.333 e. The summed E-state index contributed by atoms with van der Waals surface area (Å²) in [4.78, 5) is 34.9. The number of hydrogen-bond acceptors (Lipinski definition) is 6. The molecule has 0 amide bonds. The van der Waals surface area contributed by atoms with E-state index in [1.807, 2.05) is 0 Å². The van der Waals surface area contributed by atoms with Crippen molar-refractivity contribution in [2.24, 2.45) is 5.41 Å². The highest BCUT2D eigenvalue weighted by molar-refractivity contribution is 5.87. The molecule has 0 aromatic carbocycles. The second-order valence-corrected chi connectivity index (χ2v) is 18.6. The fraction of sp³-hybridized carbons (Fsp3) is 0.833. The Morgan fingerprint density at radius 2 is 0.500 bits per heavy atom. The van der Waals surface area contributed by atoms with Crippen LogP contribution in [-0.4, -0.2) is 37.7 Å².